The van der Waals surface area contributed by atoms with Crippen LogP contribution in [0.1, 0.15) is 5.56 Å². The number of benzene rings is 2. The first kappa shape index (κ1) is 17.9. The van der Waals surface area contributed by atoms with Crippen LogP contribution in [0.4, 0.5) is 17.5 Å². The zero-order valence-electron chi connectivity index (χ0n) is 15.9. The molecule has 2 heterocycles. The van der Waals surface area contributed by atoms with Crippen molar-refractivity contribution >= 4 is 28.5 Å². The summed E-state index contributed by atoms with van der Waals surface area (Å²) in [6.07, 6.45) is 1.79. The highest BCUT2D eigenvalue weighted by atomic mass is 16.5. The normalized spacial score (nSPS) is 10.9. The second kappa shape index (κ2) is 8.06. The lowest BCUT2D eigenvalue weighted by molar-refractivity contribution is 0.210. The molecule has 28 heavy (non-hydrogen) atoms. The van der Waals surface area contributed by atoms with Gasteiger partial charge in [0, 0.05) is 19.3 Å². The van der Waals surface area contributed by atoms with Crippen molar-refractivity contribution in [3.63, 3.8) is 0 Å². The molecule has 0 aliphatic rings. The molecule has 0 fully saturated rings. The van der Waals surface area contributed by atoms with Crippen LogP contribution in [0.15, 0.2) is 60.8 Å². The summed E-state index contributed by atoms with van der Waals surface area (Å²) >= 11 is 0. The van der Waals surface area contributed by atoms with E-state index in [4.69, 9.17) is 9.72 Å². The molecule has 0 saturated carbocycles. The molecule has 0 aliphatic heterocycles. The van der Waals surface area contributed by atoms with Crippen LogP contribution in [0.2, 0.25) is 0 Å². The summed E-state index contributed by atoms with van der Waals surface area (Å²) in [5.41, 5.74) is 3.81. The molecule has 0 aliphatic carbocycles. The smallest absolute Gasteiger partial charge is 0.226 e. The number of aromatic nitrogens is 4. The van der Waals surface area contributed by atoms with Crippen LogP contribution >= 0.6 is 0 Å². The maximum absolute atomic E-state index is 5.12. The zero-order valence-corrected chi connectivity index (χ0v) is 15.9. The molecule has 0 bridgehead atoms. The van der Waals surface area contributed by atoms with Gasteiger partial charge in [-0.1, -0.05) is 36.4 Å². The standard InChI is InChI=1S/C21H22N6O/c1-15-8-6-7-11-18(15)24-19-17-14-23-27(16-9-4-3-5-10-16)20(17)26-21(25-19)22-12-13-28-2/h3-11,14H,12-13H2,1-2H3,(H2,22,24,25,26). The molecule has 2 N–H and O–H groups in total. The van der Waals surface area contributed by atoms with E-state index in [0.29, 0.717) is 24.9 Å². The van der Waals surface area contributed by atoms with Gasteiger partial charge in [0.15, 0.2) is 5.65 Å². The fourth-order valence-electron chi connectivity index (χ4n) is 2.95. The molecule has 4 rings (SSSR count). The molecule has 2 aromatic carbocycles. The van der Waals surface area contributed by atoms with Crippen molar-refractivity contribution in [1.29, 1.82) is 0 Å². The van der Waals surface area contributed by atoms with E-state index < -0.39 is 0 Å². The number of nitrogens with one attached hydrogen (secondary N) is 2. The van der Waals surface area contributed by atoms with Crippen molar-refractivity contribution in [2.75, 3.05) is 30.9 Å². The molecular formula is C21H22N6O. The lowest BCUT2D eigenvalue weighted by Gasteiger charge is -2.12. The fraction of sp³-hybridized carbons (Fsp3) is 0.190. The summed E-state index contributed by atoms with van der Waals surface area (Å²) in [5.74, 6) is 1.24. The third-order valence-corrected chi connectivity index (χ3v) is 4.42. The van der Waals surface area contributed by atoms with Gasteiger partial charge in [0.2, 0.25) is 5.95 Å². The Balaban J connectivity index is 1.80. The molecule has 7 nitrogen and oxygen atoms in total. The summed E-state index contributed by atoms with van der Waals surface area (Å²) in [7, 11) is 1.67. The lowest BCUT2D eigenvalue weighted by atomic mass is 10.2. The minimum atomic E-state index is 0.526. The van der Waals surface area contributed by atoms with Crippen LogP contribution in [-0.2, 0) is 4.74 Å². The molecule has 0 atom stereocenters. The van der Waals surface area contributed by atoms with Gasteiger partial charge in [0.25, 0.3) is 0 Å². The van der Waals surface area contributed by atoms with Crippen molar-refractivity contribution < 1.29 is 4.74 Å². The molecule has 4 aromatic rings. The van der Waals surface area contributed by atoms with Crippen LogP contribution in [0.25, 0.3) is 16.7 Å². The average Bonchev–Trinajstić information content (AvgIpc) is 3.15. The number of ether oxygens (including phenoxy) is 1. The van der Waals surface area contributed by atoms with Gasteiger partial charge in [-0.3, -0.25) is 0 Å². The Bertz CT molecular complexity index is 1080. The molecule has 0 unspecified atom stereocenters. The first-order valence-electron chi connectivity index (χ1n) is 9.13. The van der Waals surface area contributed by atoms with Gasteiger partial charge in [-0.2, -0.15) is 15.1 Å². The number of hydrogen-bond donors (Lipinski definition) is 2. The van der Waals surface area contributed by atoms with Gasteiger partial charge in [-0.15, -0.1) is 0 Å². The third kappa shape index (κ3) is 3.65. The molecular weight excluding hydrogens is 352 g/mol. The second-order valence-corrected chi connectivity index (χ2v) is 6.38. The lowest BCUT2D eigenvalue weighted by Crippen LogP contribution is -2.12. The van der Waals surface area contributed by atoms with E-state index in [1.165, 1.54) is 0 Å². The van der Waals surface area contributed by atoms with Crippen LogP contribution in [0.5, 0.6) is 0 Å². The van der Waals surface area contributed by atoms with Crippen molar-refractivity contribution in [1.82, 2.24) is 19.7 Å². The highest BCUT2D eigenvalue weighted by molar-refractivity contribution is 5.90. The fourth-order valence-corrected chi connectivity index (χ4v) is 2.95. The van der Waals surface area contributed by atoms with E-state index in [9.17, 15) is 0 Å². The molecule has 7 heteroatoms. The van der Waals surface area contributed by atoms with Gasteiger partial charge >= 0.3 is 0 Å². The summed E-state index contributed by atoms with van der Waals surface area (Å²) < 4.78 is 6.94. The SMILES string of the molecule is COCCNc1nc(Nc2ccccc2C)c2cnn(-c3ccccc3)c2n1. The number of methoxy groups -OCH3 is 1. The Labute approximate surface area is 163 Å². The second-order valence-electron chi connectivity index (χ2n) is 6.38. The summed E-state index contributed by atoms with van der Waals surface area (Å²) in [6, 6.07) is 18.0. The number of aryl methyl sites for hydroxylation is 1. The first-order valence-corrected chi connectivity index (χ1v) is 9.13. The minimum Gasteiger partial charge on any atom is -0.383 e. The topological polar surface area (TPSA) is 76.9 Å². The van der Waals surface area contributed by atoms with Gasteiger partial charge in [-0.25, -0.2) is 4.68 Å². The van der Waals surface area contributed by atoms with Crippen molar-refractivity contribution in [3.8, 4) is 5.69 Å². The minimum absolute atomic E-state index is 0.526. The molecule has 0 spiro atoms. The zero-order chi connectivity index (χ0) is 19.3. The Kier molecular flexibility index (Phi) is 5.16. The average molecular weight is 374 g/mol. The Morgan fingerprint density at radius 2 is 1.79 bits per heavy atom. The molecule has 142 valence electrons. The van der Waals surface area contributed by atoms with E-state index in [2.05, 4.69) is 33.7 Å². The highest BCUT2D eigenvalue weighted by Gasteiger charge is 2.15. The van der Waals surface area contributed by atoms with Crippen LogP contribution in [-0.4, -0.2) is 40.0 Å². The largest absolute Gasteiger partial charge is 0.383 e. The summed E-state index contributed by atoms with van der Waals surface area (Å²) in [5, 5.41) is 12.1. The number of rotatable bonds is 7. The van der Waals surface area contributed by atoms with Gasteiger partial charge < -0.3 is 15.4 Å². The Morgan fingerprint density at radius 1 is 1.00 bits per heavy atom. The Morgan fingerprint density at radius 3 is 2.57 bits per heavy atom. The van der Waals surface area contributed by atoms with Gasteiger partial charge in [0.05, 0.1) is 23.9 Å². The van der Waals surface area contributed by atoms with E-state index in [1.807, 2.05) is 53.2 Å². The monoisotopic (exact) mass is 374 g/mol. The van der Waals surface area contributed by atoms with Gasteiger partial charge in [0.1, 0.15) is 5.82 Å². The molecule has 0 radical (unpaired) electrons. The van der Waals surface area contributed by atoms with Crippen molar-refractivity contribution in [2.24, 2.45) is 0 Å². The van der Waals surface area contributed by atoms with E-state index in [-0.39, 0.29) is 0 Å². The van der Waals surface area contributed by atoms with E-state index >= 15 is 0 Å². The maximum Gasteiger partial charge on any atom is 0.226 e. The maximum atomic E-state index is 5.12. The van der Waals surface area contributed by atoms with Gasteiger partial charge in [-0.05, 0) is 30.7 Å². The molecule has 0 saturated heterocycles. The third-order valence-electron chi connectivity index (χ3n) is 4.42. The Hall–Kier alpha value is -3.45. The quantitative estimate of drug-likeness (QED) is 0.478. The van der Waals surface area contributed by atoms with Crippen LogP contribution in [0, 0.1) is 6.92 Å². The number of nitrogens with zero attached hydrogens (tertiary/aromatic N) is 4. The predicted molar refractivity (Wildman–Crippen MR) is 111 cm³/mol. The van der Waals surface area contributed by atoms with Crippen LogP contribution < -0.4 is 10.6 Å². The molecule has 2 aromatic heterocycles. The summed E-state index contributed by atoms with van der Waals surface area (Å²) in [4.78, 5) is 9.36. The first-order chi connectivity index (χ1) is 13.8. The van der Waals surface area contributed by atoms with Crippen molar-refractivity contribution in [3.05, 3.63) is 66.4 Å². The van der Waals surface area contributed by atoms with E-state index in [1.54, 1.807) is 13.3 Å². The highest BCUT2D eigenvalue weighted by Crippen LogP contribution is 2.28. The number of hydrogen-bond acceptors (Lipinski definition) is 6. The summed E-state index contributed by atoms with van der Waals surface area (Å²) in [6.45, 7) is 3.25. The number of anilines is 3. The van der Waals surface area contributed by atoms with Crippen molar-refractivity contribution in [2.45, 2.75) is 6.92 Å². The van der Waals surface area contributed by atoms with E-state index in [0.717, 1.165) is 28.0 Å². The molecule has 0 amide bonds. The predicted octanol–water partition coefficient (Wildman–Crippen LogP) is 3.93. The number of para-hydroxylation sites is 2. The number of fused-ring (bicyclic) bond motifs is 1. The van der Waals surface area contributed by atoms with Crippen LogP contribution in [0.3, 0.4) is 0 Å².